The Kier molecular flexibility index (Phi) is 8.05. The summed E-state index contributed by atoms with van der Waals surface area (Å²) < 4.78 is 5.18. The number of amides is 2. The first-order valence-corrected chi connectivity index (χ1v) is 13.6. The van der Waals surface area contributed by atoms with Gasteiger partial charge in [0, 0.05) is 11.7 Å². The molecule has 3 aromatic carbocycles. The highest BCUT2D eigenvalue weighted by Gasteiger charge is 2.27. The third-order valence-electron chi connectivity index (χ3n) is 6.98. The predicted octanol–water partition coefficient (Wildman–Crippen LogP) is 7.64. The number of hydrogen-bond acceptors (Lipinski definition) is 3. The van der Waals surface area contributed by atoms with Crippen LogP contribution in [0.3, 0.4) is 0 Å². The van der Waals surface area contributed by atoms with Crippen LogP contribution in [0.25, 0.3) is 0 Å². The lowest BCUT2D eigenvalue weighted by Crippen LogP contribution is -2.30. The van der Waals surface area contributed by atoms with E-state index in [1.165, 1.54) is 11.1 Å². The van der Waals surface area contributed by atoms with Crippen molar-refractivity contribution < 1.29 is 14.6 Å². The van der Waals surface area contributed by atoms with Crippen LogP contribution in [-0.4, -0.2) is 17.2 Å². The minimum atomic E-state index is -0.138. The molecule has 6 rings (SSSR count). The molecule has 1 aliphatic carbocycles. The highest BCUT2D eigenvalue weighted by atomic mass is 16.5. The zero-order chi connectivity index (χ0) is 27.5. The number of ether oxygens (including phenoxy) is 1. The van der Waals surface area contributed by atoms with Crippen molar-refractivity contribution in [2.45, 2.75) is 90.7 Å². The van der Waals surface area contributed by atoms with Crippen molar-refractivity contribution in [2.75, 3.05) is 5.32 Å². The van der Waals surface area contributed by atoms with Crippen LogP contribution >= 0.6 is 0 Å². The van der Waals surface area contributed by atoms with Gasteiger partial charge in [-0.2, -0.15) is 0 Å². The molecular formula is C33H42N2O3. The maximum atomic E-state index is 12.2. The molecule has 3 aliphatic rings. The van der Waals surface area contributed by atoms with Gasteiger partial charge in [0.15, 0.2) is 0 Å². The van der Waals surface area contributed by atoms with E-state index < -0.39 is 0 Å². The topological polar surface area (TPSA) is 70.6 Å². The number of benzene rings is 3. The Morgan fingerprint density at radius 2 is 1.50 bits per heavy atom. The average Bonchev–Trinajstić information content (AvgIpc) is 3.68. The molecule has 2 bridgehead atoms. The smallest absolute Gasteiger partial charge is 0.319 e. The summed E-state index contributed by atoms with van der Waals surface area (Å²) in [5.41, 5.74) is 6.15. The van der Waals surface area contributed by atoms with Crippen LogP contribution in [0.1, 0.15) is 82.2 Å². The van der Waals surface area contributed by atoms with Gasteiger partial charge in [-0.15, -0.1) is 0 Å². The van der Waals surface area contributed by atoms with E-state index >= 15 is 0 Å². The van der Waals surface area contributed by atoms with Crippen LogP contribution in [-0.2, 0) is 30.3 Å². The first-order valence-electron chi connectivity index (χ1n) is 13.6. The number of aryl methyl sites for hydroxylation is 2. The lowest BCUT2D eigenvalue weighted by Gasteiger charge is -2.28. The van der Waals surface area contributed by atoms with E-state index in [0.29, 0.717) is 11.8 Å². The zero-order valence-corrected chi connectivity index (χ0v) is 23.7. The molecule has 1 fully saturated rings. The van der Waals surface area contributed by atoms with E-state index in [-0.39, 0.29) is 16.9 Å². The van der Waals surface area contributed by atoms with Gasteiger partial charge in [-0.3, -0.25) is 0 Å². The SMILES string of the molecule is CC(C)(C)c1cc(CCc2ccccc2NC(=O)NC2CC2)cc(C(C)(C)C)c1O.c1cc2ccc1CO2. The Balaban J connectivity index is 0.000000353. The Bertz CT molecular complexity index is 1200. The molecule has 0 spiro atoms. The average molecular weight is 515 g/mol. The number of carbonyl (C=O) groups excluding carboxylic acids is 1. The van der Waals surface area contributed by atoms with Crippen molar-refractivity contribution in [2.24, 2.45) is 0 Å². The molecule has 0 aromatic heterocycles. The van der Waals surface area contributed by atoms with Gasteiger partial charge < -0.3 is 20.5 Å². The lowest BCUT2D eigenvalue weighted by atomic mass is 9.78. The van der Waals surface area contributed by atoms with E-state index in [1.54, 1.807) is 0 Å². The molecule has 2 heterocycles. The molecule has 0 radical (unpaired) electrons. The Hall–Kier alpha value is -3.47. The molecule has 202 valence electrons. The van der Waals surface area contributed by atoms with E-state index in [4.69, 9.17) is 4.74 Å². The monoisotopic (exact) mass is 514 g/mol. The number of hydrogen-bond donors (Lipinski definition) is 3. The Morgan fingerprint density at radius 3 is 1.95 bits per heavy atom. The molecule has 0 saturated heterocycles. The number of carbonyl (C=O) groups is 1. The normalized spacial score (nSPS) is 14.3. The summed E-state index contributed by atoms with van der Waals surface area (Å²) in [5.74, 6) is 1.40. The minimum Gasteiger partial charge on any atom is -0.507 e. The third kappa shape index (κ3) is 7.31. The fraction of sp³-hybridized carbons (Fsp3) is 0.424. The summed E-state index contributed by atoms with van der Waals surface area (Å²) in [6.45, 7) is 13.6. The maximum absolute atomic E-state index is 12.2. The summed E-state index contributed by atoms with van der Waals surface area (Å²) in [6, 6.07) is 20.6. The number of anilines is 1. The van der Waals surface area contributed by atoms with E-state index in [2.05, 4.69) is 82.5 Å². The van der Waals surface area contributed by atoms with Crippen molar-refractivity contribution in [1.82, 2.24) is 5.32 Å². The molecule has 2 amide bonds. The van der Waals surface area contributed by atoms with Crippen LogP contribution in [0.4, 0.5) is 10.5 Å². The second-order valence-electron chi connectivity index (χ2n) is 12.5. The Labute approximate surface area is 227 Å². The van der Waals surface area contributed by atoms with Gasteiger partial charge in [0.1, 0.15) is 18.1 Å². The zero-order valence-electron chi connectivity index (χ0n) is 23.7. The third-order valence-corrected chi connectivity index (χ3v) is 6.98. The van der Waals surface area contributed by atoms with Crippen LogP contribution in [0, 0.1) is 0 Å². The van der Waals surface area contributed by atoms with Gasteiger partial charge in [-0.1, -0.05) is 84.0 Å². The van der Waals surface area contributed by atoms with E-state index in [1.807, 2.05) is 30.3 Å². The fourth-order valence-corrected chi connectivity index (χ4v) is 4.54. The number of fused-ring (bicyclic) bond motifs is 3. The highest BCUT2D eigenvalue weighted by Crippen LogP contribution is 2.40. The second-order valence-corrected chi connectivity index (χ2v) is 12.5. The van der Waals surface area contributed by atoms with Gasteiger partial charge in [0.05, 0.1) is 0 Å². The van der Waals surface area contributed by atoms with Crippen LogP contribution in [0.15, 0.2) is 60.7 Å². The molecule has 3 N–H and O–H groups in total. The van der Waals surface area contributed by atoms with E-state index in [0.717, 1.165) is 60.4 Å². The van der Waals surface area contributed by atoms with E-state index in [9.17, 15) is 9.90 Å². The van der Waals surface area contributed by atoms with Gasteiger partial charge in [0.2, 0.25) is 0 Å². The summed E-state index contributed by atoms with van der Waals surface area (Å²) in [4.78, 5) is 12.2. The molecule has 2 aliphatic heterocycles. The number of urea groups is 1. The molecule has 0 unspecified atom stereocenters. The van der Waals surface area contributed by atoms with Crippen molar-refractivity contribution in [3.05, 3.63) is 88.5 Å². The molecule has 5 nitrogen and oxygen atoms in total. The van der Waals surface area contributed by atoms with Gasteiger partial charge in [0.25, 0.3) is 0 Å². The van der Waals surface area contributed by atoms with Crippen molar-refractivity contribution in [3.63, 3.8) is 0 Å². The molecule has 3 aromatic rings. The summed E-state index contributed by atoms with van der Waals surface area (Å²) >= 11 is 0. The quantitative estimate of drug-likeness (QED) is 0.328. The predicted molar refractivity (Wildman–Crippen MR) is 155 cm³/mol. The van der Waals surface area contributed by atoms with Crippen LogP contribution in [0.5, 0.6) is 11.5 Å². The second kappa shape index (κ2) is 11.1. The maximum Gasteiger partial charge on any atom is 0.319 e. The number of nitrogens with one attached hydrogen (secondary N) is 2. The number of aromatic hydroxyl groups is 1. The first-order chi connectivity index (χ1) is 17.9. The molecule has 5 heteroatoms. The molecule has 1 saturated carbocycles. The minimum absolute atomic E-state index is 0.125. The standard InChI is InChI=1S/C26H36N2O2.C7H6O/c1-25(2,3)20-15-17(16-21(23(20)29)26(4,5)6)11-12-18-9-7-8-10-22(18)28-24(30)27-19-13-14-19;1-3-7-4-2-6(1)5-8-7/h7-10,15-16,19,29H,11-14H2,1-6H3,(H2,27,28,30);1-4H,5H2. The van der Waals surface area contributed by atoms with Gasteiger partial charge in [-0.05, 0) is 82.5 Å². The lowest BCUT2D eigenvalue weighted by molar-refractivity contribution is 0.251. The van der Waals surface area contributed by atoms with Crippen molar-refractivity contribution >= 4 is 11.7 Å². The van der Waals surface area contributed by atoms with Crippen molar-refractivity contribution in [1.29, 1.82) is 0 Å². The van der Waals surface area contributed by atoms with Crippen LogP contribution in [0.2, 0.25) is 0 Å². The molecule has 0 atom stereocenters. The van der Waals surface area contributed by atoms with Gasteiger partial charge >= 0.3 is 6.03 Å². The number of rotatable bonds is 5. The summed E-state index contributed by atoms with van der Waals surface area (Å²) in [5, 5.41) is 16.9. The molecular weight excluding hydrogens is 472 g/mol. The Morgan fingerprint density at radius 1 is 0.895 bits per heavy atom. The number of phenolic OH excluding ortho intramolecular Hbond substituents is 1. The summed E-state index contributed by atoms with van der Waals surface area (Å²) in [7, 11) is 0. The van der Waals surface area contributed by atoms with Crippen molar-refractivity contribution in [3.8, 4) is 11.5 Å². The fourth-order valence-electron chi connectivity index (χ4n) is 4.54. The van der Waals surface area contributed by atoms with Gasteiger partial charge in [-0.25, -0.2) is 4.79 Å². The summed E-state index contributed by atoms with van der Waals surface area (Å²) in [6.07, 6.45) is 3.80. The highest BCUT2D eigenvalue weighted by molar-refractivity contribution is 5.90. The van der Waals surface area contributed by atoms with Crippen LogP contribution < -0.4 is 15.4 Å². The largest absolute Gasteiger partial charge is 0.507 e. The first kappa shape index (κ1) is 27.6. The number of para-hydroxylation sites is 1. The number of phenols is 1. The molecule has 38 heavy (non-hydrogen) atoms.